The number of nitrogens with zero attached hydrogens (tertiary/aromatic N) is 8. The van der Waals surface area contributed by atoms with Crippen molar-refractivity contribution in [1.29, 1.82) is 0 Å². The van der Waals surface area contributed by atoms with Gasteiger partial charge in [0.05, 0.1) is 47.6 Å². The molecule has 0 spiro atoms. The summed E-state index contributed by atoms with van der Waals surface area (Å²) < 4.78 is 16.2. The maximum Gasteiger partial charge on any atom is 0.410 e. The molecule has 0 radical (unpaired) electrons. The van der Waals surface area contributed by atoms with Crippen molar-refractivity contribution in [3.05, 3.63) is 47.6 Å². The topological polar surface area (TPSA) is 142 Å². The number of hydrogen-bond acceptors (Lipinski definition) is 8. The Labute approximate surface area is 231 Å². The van der Waals surface area contributed by atoms with E-state index in [1.54, 1.807) is 56.6 Å². The van der Waals surface area contributed by atoms with Crippen LogP contribution in [0, 0.1) is 0 Å². The Bertz CT molecular complexity index is 1570. The third-order valence-corrected chi connectivity index (χ3v) is 6.07. The van der Waals surface area contributed by atoms with Crippen LogP contribution in [0.3, 0.4) is 0 Å². The van der Waals surface area contributed by atoms with Crippen LogP contribution in [0.2, 0.25) is 0 Å². The van der Waals surface area contributed by atoms with Crippen LogP contribution in [-0.2, 0) is 25.3 Å². The normalized spacial score (nSPS) is 11.9. The summed E-state index contributed by atoms with van der Waals surface area (Å²) in [4.78, 5) is 34.6. The molecule has 4 heterocycles. The van der Waals surface area contributed by atoms with Crippen molar-refractivity contribution in [1.82, 2.24) is 38.8 Å². The molecule has 13 nitrogen and oxygen atoms in total. The molecule has 0 fully saturated rings. The molecule has 0 saturated carbocycles. The minimum atomic E-state index is -1.05. The van der Waals surface area contributed by atoms with Gasteiger partial charge < -0.3 is 19.5 Å². The fourth-order valence-electron chi connectivity index (χ4n) is 4.11. The van der Waals surface area contributed by atoms with Crippen LogP contribution in [0.1, 0.15) is 55.3 Å². The molecule has 4 rings (SSSR count). The van der Waals surface area contributed by atoms with Gasteiger partial charge in [0.1, 0.15) is 18.0 Å². The number of carboxylic acid groups (broad SMARTS) is 1. The van der Waals surface area contributed by atoms with E-state index in [2.05, 4.69) is 20.2 Å². The molecule has 212 valence electrons. The molecular formula is C27H34N8O5. The van der Waals surface area contributed by atoms with Crippen molar-refractivity contribution >= 4 is 29.7 Å². The van der Waals surface area contributed by atoms with Crippen LogP contribution in [0.4, 0.5) is 4.79 Å². The Morgan fingerprint density at radius 2 is 1.82 bits per heavy atom. The second-order valence-electron chi connectivity index (χ2n) is 10.2. The third kappa shape index (κ3) is 5.98. The minimum Gasteiger partial charge on any atom is -0.477 e. The van der Waals surface area contributed by atoms with Crippen LogP contribution in [0.5, 0.6) is 5.88 Å². The maximum atomic E-state index is 12.2. The van der Waals surface area contributed by atoms with E-state index < -0.39 is 17.7 Å². The summed E-state index contributed by atoms with van der Waals surface area (Å²) in [5.74, 6) is 0.0390. The number of carboxylic acids is 1. The van der Waals surface area contributed by atoms with Crippen LogP contribution in [0.15, 0.2) is 24.8 Å². The Balaban J connectivity index is 1.57. The van der Waals surface area contributed by atoms with Gasteiger partial charge in [-0.05, 0) is 39.3 Å². The highest BCUT2D eigenvalue weighted by Gasteiger charge is 2.21. The average Bonchev–Trinajstić information content (AvgIpc) is 3.55. The number of aromatic carboxylic acids is 1. The molecule has 0 atom stereocenters. The minimum absolute atomic E-state index is 0.116. The first-order valence-electron chi connectivity index (χ1n) is 12.8. The molecule has 1 N–H and O–H groups in total. The summed E-state index contributed by atoms with van der Waals surface area (Å²) in [7, 11) is 5.03. The van der Waals surface area contributed by atoms with Crippen molar-refractivity contribution in [3.8, 4) is 17.1 Å². The summed E-state index contributed by atoms with van der Waals surface area (Å²) >= 11 is 0. The van der Waals surface area contributed by atoms with E-state index >= 15 is 0 Å². The quantitative estimate of drug-likeness (QED) is 0.331. The molecule has 0 bridgehead atoms. The SMILES string of the molecule is CCc1nn(C)c(C(=O)O)c1/C=C/c1ncc2cnc(-c3cnn(C)c3OCCN(C)C(=O)OC(C)(C)C)cn12. The summed E-state index contributed by atoms with van der Waals surface area (Å²) in [5.41, 5.74) is 2.80. The van der Waals surface area contributed by atoms with Gasteiger partial charge in [-0.3, -0.25) is 14.1 Å². The highest BCUT2D eigenvalue weighted by molar-refractivity contribution is 5.92. The second kappa shape index (κ2) is 11.2. The largest absolute Gasteiger partial charge is 0.477 e. The third-order valence-electron chi connectivity index (χ3n) is 6.07. The molecule has 0 aliphatic carbocycles. The van der Waals surface area contributed by atoms with E-state index in [1.807, 2.05) is 38.3 Å². The molecule has 4 aromatic heterocycles. The number of rotatable bonds is 9. The van der Waals surface area contributed by atoms with Gasteiger partial charge in [0.2, 0.25) is 5.88 Å². The molecule has 0 saturated heterocycles. The monoisotopic (exact) mass is 550 g/mol. The van der Waals surface area contributed by atoms with Crippen LogP contribution >= 0.6 is 0 Å². The van der Waals surface area contributed by atoms with Crippen molar-refractivity contribution < 1.29 is 24.2 Å². The summed E-state index contributed by atoms with van der Waals surface area (Å²) in [6, 6.07) is 0. The molecule has 1 amide bonds. The summed E-state index contributed by atoms with van der Waals surface area (Å²) in [6.07, 6.45) is 10.5. The number of aromatic nitrogens is 7. The number of imidazole rings is 1. The van der Waals surface area contributed by atoms with E-state index in [0.717, 1.165) is 5.52 Å². The lowest BCUT2D eigenvalue weighted by Crippen LogP contribution is -2.36. The molecular weight excluding hydrogens is 516 g/mol. The maximum absolute atomic E-state index is 12.2. The zero-order valence-electron chi connectivity index (χ0n) is 23.7. The molecule has 13 heteroatoms. The molecule has 0 unspecified atom stereocenters. The van der Waals surface area contributed by atoms with Gasteiger partial charge in [-0.1, -0.05) is 6.92 Å². The van der Waals surface area contributed by atoms with E-state index in [4.69, 9.17) is 9.47 Å². The Hall–Kier alpha value is -4.68. The number of likely N-dealkylation sites (N-methyl/N-ethyl adjacent to an activating group) is 1. The van der Waals surface area contributed by atoms with Gasteiger partial charge in [0.25, 0.3) is 0 Å². The van der Waals surface area contributed by atoms with Crippen LogP contribution in [0.25, 0.3) is 28.9 Å². The Morgan fingerprint density at radius 1 is 1.10 bits per heavy atom. The molecule has 40 heavy (non-hydrogen) atoms. The first kappa shape index (κ1) is 28.3. The number of hydrogen-bond donors (Lipinski definition) is 1. The number of fused-ring (bicyclic) bond motifs is 1. The van der Waals surface area contributed by atoms with E-state index in [9.17, 15) is 14.7 Å². The van der Waals surface area contributed by atoms with Crippen LogP contribution < -0.4 is 4.74 Å². The van der Waals surface area contributed by atoms with Gasteiger partial charge in [-0.2, -0.15) is 10.2 Å². The summed E-state index contributed by atoms with van der Waals surface area (Å²) in [6.45, 7) is 7.91. The lowest BCUT2D eigenvalue weighted by Gasteiger charge is -2.24. The number of carbonyl (C=O) groups excluding carboxylic acids is 1. The molecule has 0 aliphatic rings. The van der Waals surface area contributed by atoms with Crippen molar-refractivity contribution in [2.45, 2.75) is 39.7 Å². The van der Waals surface area contributed by atoms with Gasteiger partial charge in [0, 0.05) is 32.9 Å². The molecule has 4 aromatic rings. The predicted octanol–water partition coefficient (Wildman–Crippen LogP) is 3.54. The number of aryl methyl sites for hydroxylation is 3. The fraction of sp³-hybridized carbons (Fsp3) is 0.407. The van der Waals surface area contributed by atoms with Gasteiger partial charge in [-0.15, -0.1) is 0 Å². The molecule has 0 aromatic carbocycles. The zero-order valence-corrected chi connectivity index (χ0v) is 23.7. The highest BCUT2D eigenvalue weighted by atomic mass is 16.6. The van der Waals surface area contributed by atoms with Crippen molar-refractivity contribution in [3.63, 3.8) is 0 Å². The Kier molecular flexibility index (Phi) is 7.93. The first-order chi connectivity index (χ1) is 18.9. The fourth-order valence-corrected chi connectivity index (χ4v) is 4.11. The lowest BCUT2D eigenvalue weighted by atomic mass is 10.1. The average molecular weight is 551 g/mol. The Morgan fingerprint density at radius 3 is 2.50 bits per heavy atom. The number of ether oxygens (including phenoxy) is 2. The lowest BCUT2D eigenvalue weighted by molar-refractivity contribution is 0.0276. The van der Waals surface area contributed by atoms with Gasteiger partial charge >= 0.3 is 12.1 Å². The van der Waals surface area contributed by atoms with E-state index in [0.29, 0.717) is 47.2 Å². The number of amides is 1. The zero-order chi connectivity index (χ0) is 29.2. The smallest absolute Gasteiger partial charge is 0.410 e. The molecule has 0 aliphatic heterocycles. The summed E-state index contributed by atoms with van der Waals surface area (Å²) in [5, 5.41) is 18.3. The predicted molar refractivity (Wildman–Crippen MR) is 148 cm³/mol. The second-order valence-corrected chi connectivity index (χ2v) is 10.2. The standard InChI is InChI=1S/C27H34N8O5/c1-8-20-18(23(25(36)37)33(6)31-20)9-10-22-29-14-17-13-28-21(16-35(17)22)19-15-30-34(7)24(19)39-12-11-32(5)26(38)40-27(2,3)4/h9-10,13-16H,8,11-12H2,1-7H3,(H,36,37)/b10-9+. The number of carbonyl (C=O) groups is 2. The van der Waals surface area contributed by atoms with Crippen molar-refractivity contribution in [2.75, 3.05) is 20.2 Å². The van der Waals surface area contributed by atoms with E-state index in [1.165, 1.54) is 9.58 Å². The van der Waals surface area contributed by atoms with Crippen molar-refractivity contribution in [2.24, 2.45) is 14.1 Å². The van der Waals surface area contributed by atoms with Crippen LogP contribution in [-0.4, -0.2) is 81.8 Å². The highest BCUT2D eigenvalue weighted by Crippen LogP contribution is 2.28. The van der Waals surface area contributed by atoms with Gasteiger partial charge in [-0.25, -0.2) is 19.3 Å². The first-order valence-corrected chi connectivity index (χ1v) is 12.8. The van der Waals surface area contributed by atoms with Gasteiger partial charge in [0.15, 0.2) is 5.69 Å². The van der Waals surface area contributed by atoms with E-state index in [-0.39, 0.29) is 12.3 Å².